The monoisotopic (exact) mass is 291 g/mol. The van der Waals surface area contributed by atoms with Crippen LogP contribution in [0.4, 0.5) is 0 Å². The molecule has 0 atom stereocenters. The number of hydrogen-bond donors (Lipinski definition) is 0. The average molecular weight is 291 g/mol. The van der Waals surface area contributed by atoms with Crippen molar-refractivity contribution in [3.05, 3.63) is 59.4 Å². The molecule has 3 aromatic heterocycles. The maximum absolute atomic E-state index is 7.47. The maximum Gasteiger partial charge on any atom is 0.227 e. The fraction of sp³-hybridized carbons (Fsp3) is 0.158. The molecule has 0 saturated carbocycles. The number of benzene rings is 1. The summed E-state index contributed by atoms with van der Waals surface area (Å²) < 4.78 is 28.4. The van der Waals surface area contributed by atoms with Crippen molar-refractivity contribution >= 4 is 22.1 Å². The van der Waals surface area contributed by atoms with Gasteiger partial charge in [-0.2, -0.15) is 0 Å². The minimum Gasteiger partial charge on any atom is -0.437 e. The smallest absolute Gasteiger partial charge is 0.227 e. The number of furan rings is 1. The van der Waals surface area contributed by atoms with Crippen molar-refractivity contribution < 1.29 is 8.53 Å². The lowest BCUT2D eigenvalue weighted by molar-refractivity contribution is 0.653. The number of fused-ring (bicyclic) bond motifs is 3. The number of hydrogen-bond acceptors (Lipinski definition) is 3. The first-order valence-electron chi connectivity index (χ1n) is 8.61. The van der Waals surface area contributed by atoms with Crippen LogP contribution in [0.15, 0.2) is 47.0 Å². The van der Waals surface area contributed by atoms with Gasteiger partial charge >= 0.3 is 0 Å². The van der Waals surface area contributed by atoms with Gasteiger partial charge in [0.1, 0.15) is 5.58 Å². The first-order valence-corrected chi connectivity index (χ1v) is 7.11. The fourth-order valence-corrected chi connectivity index (χ4v) is 2.77. The van der Waals surface area contributed by atoms with Crippen LogP contribution in [0.2, 0.25) is 0 Å². The zero-order valence-electron chi connectivity index (χ0n) is 15.3. The minimum atomic E-state index is -2.16. The molecule has 3 heterocycles. The number of rotatable bonds is 1. The van der Waals surface area contributed by atoms with E-state index >= 15 is 0 Å². The summed E-state index contributed by atoms with van der Waals surface area (Å²) in [6.45, 7) is 1.80. The average Bonchev–Trinajstić information content (AvgIpc) is 2.93. The zero-order valence-corrected chi connectivity index (χ0v) is 12.3. The van der Waals surface area contributed by atoms with E-state index in [0.29, 0.717) is 11.4 Å². The first kappa shape index (κ1) is 10.1. The van der Waals surface area contributed by atoms with Gasteiger partial charge in [0.05, 0.1) is 5.69 Å². The second-order valence-corrected chi connectivity index (χ2v) is 5.47. The molecule has 108 valence electrons. The molecule has 0 amide bonds. The molecule has 0 aliphatic carbocycles. The quantitative estimate of drug-likeness (QED) is 0.497. The third-order valence-electron chi connectivity index (χ3n) is 3.87. The molecule has 3 heteroatoms. The van der Waals surface area contributed by atoms with Crippen LogP contribution in [0.5, 0.6) is 0 Å². The molecule has 0 saturated heterocycles. The number of aromatic nitrogens is 2. The van der Waals surface area contributed by atoms with Crippen molar-refractivity contribution in [2.24, 2.45) is 0 Å². The third kappa shape index (κ3) is 1.90. The summed E-state index contributed by atoms with van der Waals surface area (Å²) in [5.41, 5.74) is 5.05. The summed E-state index contributed by atoms with van der Waals surface area (Å²) >= 11 is 0. The predicted octanol–water partition coefficient (Wildman–Crippen LogP) is 4.97. The number of pyridine rings is 2. The highest BCUT2D eigenvalue weighted by Gasteiger charge is 2.15. The van der Waals surface area contributed by atoms with Gasteiger partial charge in [-0.15, -0.1) is 0 Å². The van der Waals surface area contributed by atoms with Crippen molar-refractivity contribution in [1.82, 2.24) is 9.97 Å². The molecule has 22 heavy (non-hydrogen) atoms. The second-order valence-electron chi connectivity index (χ2n) is 5.47. The van der Waals surface area contributed by atoms with Crippen LogP contribution < -0.4 is 0 Å². The molecule has 0 spiro atoms. The molecule has 0 fully saturated rings. The Morgan fingerprint density at radius 3 is 2.73 bits per heavy atom. The highest BCUT2D eigenvalue weighted by atomic mass is 16.3. The van der Waals surface area contributed by atoms with Crippen LogP contribution in [-0.4, -0.2) is 9.97 Å². The predicted molar refractivity (Wildman–Crippen MR) is 89.0 cm³/mol. The van der Waals surface area contributed by atoms with Gasteiger partial charge < -0.3 is 4.42 Å². The minimum absolute atomic E-state index is 0.224. The summed E-state index contributed by atoms with van der Waals surface area (Å²) in [5.74, 6) is 0. The molecular formula is C19H16N2O. The number of nitrogens with zero attached hydrogens (tertiary/aromatic N) is 2. The molecule has 0 aliphatic heterocycles. The van der Waals surface area contributed by atoms with E-state index in [0.717, 1.165) is 33.2 Å². The van der Waals surface area contributed by atoms with Gasteiger partial charge in [0.25, 0.3) is 0 Å². The summed E-state index contributed by atoms with van der Waals surface area (Å²) in [5, 5.41) is 1.99. The molecule has 0 unspecified atom stereocenters. The van der Waals surface area contributed by atoms with E-state index in [1.807, 2.05) is 38.1 Å². The van der Waals surface area contributed by atoms with Crippen molar-refractivity contribution in [3.8, 4) is 11.3 Å². The summed E-state index contributed by atoms with van der Waals surface area (Å²) in [6.07, 6.45) is 1.40. The molecular weight excluding hydrogens is 272 g/mol. The highest BCUT2D eigenvalue weighted by molar-refractivity contribution is 6.10. The lowest BCUT2D eigenvalue weighted by atomic mass is 10.0. The fourth-order valence-electron chi connectivity index (χ4n) is 2.77. The summed E-state index contributed by atoms with van der Waals surface area (Å²) in [7, 11) is 0. The molecule has 0 N–H and O–H groups in total. The van der Waals surface area contributed by atoms with Crippen LogP contribution in [0.25, 0.3) is 33.3 Å². The molecule has 1 aromatic carbocycles. The molecule has 3 nitrogen and oxygen atoms in total. The third-order valence-corrected chi connectivity index (χ3v) is 3.87. The summed E-state index contributed by atoms with van der Waals surface area (Å²) in [6, 6.07) is 11.3. The van der Waals surface area contributed by atoms with Crippen molar-refractivity contribution in [3.63, 3.8) is 0 Å². The lowest BCUT2D eigenvalue weighted by Crippen LogP contribution is -1.86. The van der Waals surface area contributed by atoms with E-state index in [1.165, 1.54) is 6.20 Å². The van der Waals surface area contributed by atoms with Gasteiger partial charge in [0.15, 0.2) is 0 Å². The van der Waals surface area contributed by atoms with Crippen molar-refractivity contribution in [2.75, 3.05) is 0 Å². The van der Waals surface area contributed by atoms with Gasteiger partial charge in [-0.25, -0.2) is 4.98 Å². The van der Waals surface area contributed by atoms with Crippen LogP contribution in [-0.2, 0) is 0 Å². The van der Waals surface area contributed by atoms with Gasteiger partial charge in [-0.3, -0.25) is 4.98 Å². The second kappa shape index (κ2) is 4.67. The SMILES string of the molecule is [2H]C([2H])([2H])c1ccc(-c2ccc(C)c3c2oc2nc(C)ccc23)nc1. The van der Waals surface area contributed by atoms with Crippen LogP contribution in [0.1, 0.15) is 20.9 Å². The van der Waals surface area contributed by atoms with Crippen molar-refractivity contribution in [2.45, 2.75) is 20.7 Å². The largest absolute Gasteiger partial charge is 0.437 e. The Morgan fingerprint density at radius 2 is 1.95 bits per heavy atom. The first-order chi connectivity index (χ1) is 11.8. The van der Waals surface area contributed by atoms with Gasteiger partial charge in [-0.1, -0.05) is 12.1 Å². The summed E-state index contributed by atoms with van der Waals surface area (Å²) in [4.78, 5) is 8.82. The Morgan fingerprint density at radius 1 is 1.05 bits per heavy atom. The Kier molecular flexibility index (Phi) is 2.15. The number of aryl methyl sites for hydroxylation is 3. The van der Waals surface area contributed by atoms with Crippen LogP contribution in [0.3, 0.4) is 0 Å². The maximum atomic E-state index is 7.47. The molecule has 0 bridgehead atoms. The van der Waals surface area contributed by atoms with Crippen LogP contribution >= 0.6 is 0 Å². The van der Waals surface area contributed by atoms with Crippen LogP contribution in [0, 0.1) is 20.7 Å². The van der Waals surface area contributed by atoms with E-state index in [1.54, 1.807) is 12.1 Å². The Balaban J connectivity index is 1.96. The van der Waals surface area contributed by atoms with Gasteiger partial charge in [0, 0.05) is 32.3 Å². The standard InChI is InChI=1S/C19H16N2O/c1-11-4-9-16(20-10-11)14-7-5-12(2)17-15-8-6-13(3)21-19(15)22-18(14)17/h4-10H,1-3H3/i1D3. The topological polar surface area (TPSA) is 38.9 Å². The van der Waals surface area contributed by atoms with Gasteiger partial charge in [0.2, 0.25) is 5.71 Å². The van der Waals surface area contributed by atoms with E-state index in [4.69, 9.17) is 8.53 Å². The normalized spacial score (nSPS) is 14.0. The lowest BCUT2D eigenvalue weighted by Gasteiger charge is -2.04. The molecule has 4 aromatic rings. The van der Waals surface area contributed by atoms with E-state index in [-0.39, 0.29) is 5.56 Å². The van der Waals surface area contributed by atoms with E-state index in [2.05, 4.69) is 9.97 Å². The molecule has 0 aliphatic rings. The van der Waals surface area contributed by atoms with E-state index in [9.17, 15) is 0 Å². The Labute approximate surface area is 132 Å². The van der Waals surface area contributed by atoms with E-state index < -0.39 is 6.85 Å². The zero-order chi connectivity index (χ0) is 17.8. The Bertz CT molecular complexity index is 1100. The van der Waals surface area contributed by atoms with Crippen molar-refractivity contribution in [1.29, 1.82) is 0 Å². The van der Waals surface area contributed by atoms with Gasteiger partial charge in [-0.05, 0) is 56.1 Å². The molecule has 4 rings (SSSR count). The highest BCUT2D eigenvalue weighted by Crippen LogP contribution is 2.36. The molecule has 0 radical (unpaired) electrons. The Hall–Kier alpha value is -2.68.